The van der Waals surface area contributed by atoms with Crippen molar-refractivity contribution in [2.75, 3.05) is 25.1 Å². The average Bonchev–Trinajstić information content (AvgIpc) is 2.41. The molecule has 2 rings (SSSR count). The molecule has 6 heteroatoms. The fourth-order valence-electron chi connectivity index (χ4n) is 1.90. The molecule has 1 fully saturated rings. The highest BCUT2D eigenvalue weighted by atomic mass is 16.5. The van der Waals surface area contributed by atoms with E-state index in [4.69, 9.17) is 9.84 Å². The van der Waals surface area contributed by atoms with Crippen LogP contribution in [0.2, 0.25) is 0 Å². The SMILES string of the molecule is Cc1ccc(NC(=O)C2COCCN2)c(C(=O)O)c1. The van der Waals surface area contributed by atoms with E-state index in [1.54, 1.807) is 19.1 Å². The lowest BCUT2D eigenvalue weighted by atomic mass is 10.1. The summed E-state index contributed by atoms with van der Waals surface area (Å²) in [5, 5.41) is 14.8. The Balaban J connectivity index is 2.13. The highest BCUT2D eigenvalue weighted by Gasteiger charge is 2.22. The fourth-order valence-corrected chi connectivity index (χ4v) is 1.90. The summed E-state index contributed by atoms with van der Waals surface area (Å²) in [6.45, 7) is 3.28. The van der Waals surface area contributed by atoms with E-state index in [-0.39, 0.29) is 11.5 Å². The molecule has 0 bridgehead atoms. The Morgan fingerprint density at radius 2 is 2.26 bits per heavy atom. The standard InChI is InChI=1S/C13H16N2O4/c1-8-2-3-10(9(6-8)13(17)18)15-12(16)11-7-19-5-4-14-11/h2-3,6,11,14H,4-5,7H2,1H3,(H,15,16)(H,17,18). The van der Waals surface area contributed by atoms with E-state index >= 15 is 0 Å². The Morgan fingerprint density at radius 3 is 2.89 bits per heavy atom. The lowest BCUT2D eigenvalue weighted by Crippen LogP contribution is -2.49. The fraction of sp³-hybridized carbons (Fsp3) is 0.385. The molecule has 102 valence electrons. The van der Waals surface area contributed by atoms with Crippen LogP contribution in [0.1, 0.15) is 15.9 Å². The third-order valence-electron chi connectivity index (χ3n) is 2.90. The van der Waals surface area contributed by atoms with Gasteiger partial charge in [0, 0.05) is 6.54 Å². The Bertz CT molecular complexity index is 495. The molecule has 3 N–H and O–H groups in total. The van der Waals surface area contributed by atoms with Crippen molar-refractivity contribution in [2.45, 2.75) is 13.0 Å². The van der Waals surface area contributed by atoms with Crippen LogP contribution < -0.4 is 10.6 Å². The van der Waals surface area contributed by atoms with Gasteiger partial charge in [0.15, 0.2) is 0 Å². The molecular weight excluding hydrogens is 248 g/mol. The first-order valence-corrected chi connectivity index (χ1v) is 6.04. The van der Waals surface area contributed by atoms with Gasteiger partial charge in [-0.05, 0) is 19.1 Å². The summed E-state index contributed by atoms with van der Waals surface area (Å²) in [5.74, 6) is -1.35. The molecule has 0 radical (unpaired) electrons. The Labute approximate surface area is 110 Å². The first-order chi connectivity index (χ1) is 9.08. The summed E-state index contributed by atoms with van der Waals surface area (Å²) in [6.07, 6.45) is 0. The highest BCUT2D eigenvalue weighted by Crippen LogP contribution is 2.17. The molecule has 1 aliphatic heterocycles. The topological polar surface area (TPSA) is 87.7 Å². The van der Waals surface area contributed by atoms with Crippen molar-refractivity contribution in [2.24, 2.45) is 0 Å². The smallest absolute Gasteiger partial charge is 0.337 e. The van der Waals surface area contributed by atoms with Gasteiger partial charge in [-0.1, -0.05) is 11.6 Å². The van der Waals surface area contributed by atoms with Gasteiger partial charge in [-0.15, -0.1) is 0 Å². The van der Waals surface area contributed by atoms with Gasteiger partial charge in [0.05, 0.1) is 24.5 Å². The van der Waals surface area contributed by atoms with Crippen LogP contribution in [0, 0.1) is 6.92 Å². The van der Waals surface area contributed by atoms with E-state index in [9.17, 15) is 9.59 Å². The van der Waals surface area contributed by atoms with E-state index in [0.717, 1.165) is 5.56 Å². The molecule has 1 aromatic carbocycles. The van der Waals surface area contributed by atoms with Crippen molar-refractivity contribution in [3.63, 3.8) is 0 Å². The maximum absolute atomic E-state index is 12.0. The van der Waals surface area contributed by atoms with Gasteiger partial charge in [0.1, 0.15) is 6.04 Å². The van der Waals surface area contributed by atoms with Crippen molar-refractivity contribution in [1.29, 1.82) is 0 Å². The third kappa shape index (κ3) is 3.30. The number of carbonyl (C=O) groups is 2. The number of ether oxygens (including phenoxy) is 1. The Hall–Kier alpha value is -1.92. The molecule has 1 amide bonds. The molecule has 0 aromatic heterocycles. The molecule has 1 unspecified atom stereocenters. The number of aryl methyl sites for hydroxylation is 1. The van der Waals surface area contributed by atoms with Crippen molar-refractivity contribution >= 4 is 17.6 Å². The molecule has 0 aliphatic carbocycles. The van der Waals surface area contributed by atoms with E-state index in [0.29, 0.717) is 25.4 Å². The van der Waals surface area contributed by atoms with Crippen molar-refractivity contribution in [3.8, 4) is 0 Å². The van der Waals surface area contributed by atoms with Crippen molar-refractivity contribution in [1.82, 2.24) is 5.32 Å². The number of amides is 1. The molecule has 1 heterocycles. The zero-order valence-corrected chi connectivity index (χ0v) is 10.6. The third-order valence-corrected chi connectivity index (χ3v) is 2.90. The summed E-state index contributed by atoms with van der Waals surface area (Å²) in [5.41, 5.74) is 1.22. The van der Waals surface area contributed by atoms with Crippen molar-refractivity contribution in [3.05, 3.63) is 29.3 Å². The van der Waals surface area contributed by atoms with Gasteiger partial charge in [-0.2, -0.15) is 0 Å². The van der Waals surface area contributed by atoms with Crippen LogP contribution in [-0.4, -0.2) is 42.8 Å². The second-order valence-electron chi connectivity index (χ2n) is 4.43. The molecule has 6 nitrogen and oxygen atoms in total. The number of carboxylic acid groups (broad SMARTS) is 1. The zero-order valence-electron chi connectivity index (χ0n) is 10.6. The predicted molar refractivity (Wildman–Crippen MR) is 69.4 cm³/mol. The Morgan fingerprint density at radius 1 is 1.47 bits per heavy atom. The van der Waals surface area contributed by atoms with Crippen LogP contribution in [0.3, 0.4) is 0 Å². The number of hydrogen-bond acceptors (Lipinski definition) is 4. The Kier molecular flexibility index (Phi) is 4.13. The van der Waals surface area contributed by atoms with Crippen LogP contribution in [0.4, 0.5) is 5.69 Å². The minimum absolute atomic E-state index is 0.0880. The number of aromatic carboxylic acids is 1. The number of anilines is 1. The molecule has 0 spiro atoms. The van der Waals surface area contributed by atoms with E-state index in [2.05, 4.69) is 10.6 Å². The number of carboxylic acids is 1. The number of morpholine rings is 1. The second-order valence-corrected chi connectivity index (χ2v) is 4.43. The summed E-state index contributed by atoms with van der Waals surface area (Å²) < 4.78 is 5.20. The molecular formula is C13H16N2O4. The van der Waals surface area contributed by atoms with Crippen molar-refractivity contribution < 1.29 is 19.4 Å². The van der Waals surface area contributed by atoms with E-state index in [1.165, 1.54) is 6.07 Å². The van der Waals surface area contributed by atoms with Crippen LogP contribution in [-0.2, 0) is 9.53 Å². The van der Waals surface area contributed by atoms with Gasteiger partial charge >= 0.3 is 5.97 Å². The molecule has 1 aromatic rings. The largest absolute Gasteiger partial charge is 0.478 e. The zero-order chi connectivity index (χ0) is 13.8. The first-order valence-electron chi connectivity index (χ1n) is 6.04. The minimum atomic E-state index is -1.06. The number of hydrogen-bond donors (Lipinski definition) is 3. The lowest BCUT2D eigenvalue weighted by molar-refractivity contribution is -0.120. The summed E-state index contributed by atoms with van der Waals surface area (Å²) in [4.78, 5) is 23.1. The normalized spacial score (nSPS) is 18.9. The molecule has 1 aliphatic rings. The number of nitrogens with one attached hydrogen (secondary N) is 2. The monoisotopic (exact) mass is 264 g/mol. The van der Waals surface area contributed by atoms with Gasteiger partial charge in [-0.25, -0.2) is 4.79 Å². The first kappa shape index (κ1) is 13.5. The maximum atomic E-state index is 12.0. The highest BCUT2D eigenvalue weighted by molar-refractivity contribution is 6.02. The van der Waals surface area contributed by atoms with Gasteiger partial charge in [-0.3, -0.25) is 4.79 Å². The minimum Gasteiger partial charge on any atom is -0.478 e. The van der Waals surface area contributed by atoms with Crippen LogP contribution in [0.25, 0.3) is 0 Å². The summed E-state index contributed by atoms with van der Waals surface area (Å²) >= 11 is 0. The average molecular weight is 264 g/mol. The number of carbonyl (C=O) groups excluding carboxylic acids is 1. The van der Waals surface area contributed by atoms with E-state index in [1.807, 2.05) is 0 Å². The summed E-state index contributed by atoms with van der Waals surface area (Å²) in [6, 6.07) is 4.44. The van der Waals surface area contributed by atoms with Crippen LogP contribution >= 0.6 is 0 Å². The van der Waals surface area contributed by atoms with Gasteiger partial charge < -0.3 is 20.5 Å². The molecule has 1 atom stereocenters. The maximum Gasteiger partial charge on any atom is 0.337 e. The summed E-state index contributed by atoms with van der Waals surface area (Å²) in [7, 11) is 0. The van der Waals surface area contributed by atoms with Gasteiger partial charge in [0.2, 0.25) is 5.91 Å². The van der Waals surface area contributed by atoms with E-state index < -0.39 is 12.0 Å². The molecule has 19 heavy (non-hydrogen) atoms. The lowest BCUT2D eigenvalue weighted by Gasteiger charge is -2.23. The predicted octanol–water partition coefficient (Wildman–Crippen LogP) is 0.620. The van der Waals surface area contributed by atoms with Crippen LogP contribution in [0.5, 0.6) is 0 Å². The number of rotatable bonds is 3. The van der Waals surface area contributed by atoms with Crippen LogP contribution in [0.15, 0.2) is 18.2 Å². The second kappa shape index (κ2) is 5.81. The number of benzene rings is 1. The quantitative estimate of drug-likeness (QED) is 0.745. The molecule has 1 saturated heterocycles. The van der Waals surface area contributed by atoms with Gasteiger partial charge in [0.25, 0.3) is 0 Å². The molecule has 0 saturated carbocycles.